The number of benzene rings is 1. The minimum absolute atomic E-state index is 0.229. The average molecular weight is 309 g/mol. The summed E-state index contributed by atoms with van der Waals surface area (Å²) in [5.74, 6) is -0.646. The molecule has 2 N–H and O–H groups in total. The van der Waals surface area contributed by atoms with Gasteiger partial charge in [0.2, 0.25) is 0 Å². The first-order chi connectivity index (χ1) is 10.1. The molecule has 0 aliphatic heterocycles. The highest BCUT2D eigenvalue weighted by Crippen LogP contribution is 2.26. The van der Waals surface area contributed by atoms with E-state index in [1.54, 1.807) is 24.3 Å². The molecule has 0 radical (unpaired) electrons. The van der Waals surface area contributed by atoms with Crippen molar-refractivity contribution >= 4 is 28.4 Å². The van der Waals surface area contributed by atoms with Crippen molar-refractivity contribution in [2.45, 2.75) is 19.9 Å². The fourth-order valence-corrected chi connectivity index (χ4v) is 2.38. The number of alkyl halides is 1. The molecule has 0 bridgehead atoms. The maximum Gasteiger partial charge on any atom is 0.267 e. The fraction of sp³-hybridized carbons (Fsp3) is 0.333. The zero-order valence-corrected chi connectivity index (χ0v) is 12.5. The van der Waals surface area contributed by atoms with Crippen molar-refractivity contribution < 1.29 is 9.90 Å². The largest absolute Gasteiger partial charge is 0.506 e. The molecule has 5 nitrogen and oxygen atoms in total. The lowest BCUT2D eigenvalue weighted by molar-refractivity contribution is 0.0951. The van der Waals surface area contributed by atoms with E-state index in [0.717, 1.165) is 6.42 Å². The maximum absolute atomic E-state index is 12.5. The molecule has 0 aliphatic carbocycles. The van der Waals surface area contributed by atoms with Crippen LogP contribution in [0.4, 0.5) is 0 Å². The van der Waals surface area contributed by atoms with Gasteiger partial charge in [0.05, 0.1) is 5.52 Å². The second-order valence-electron chi connectivity index (χ2n) is 4.64. The van der Waals surface area contributed by atoms with E-state index in [-0.39, 0.29) is 23.7 Å². The topological polar surface area (TPSA) is 71.3 Å². The van der Waals surface area contributed by atoms with Crippen LogP contribution in [0.25, 0.3) is 10.9 Å². The highest BCUT2D eigenvalue weighted by Gasteiger charge is 2.21. The van der Waals surface area contributed by atoms with Gasteiger partial charge in [-0.2, -0.15) is 0 Å². The van der Waals surface area contributed by atoms with Gasteiger partial charge in [0, 0.05) is 24.4 Å². The summed E-state index contributed by atoms with van der Waals surface area (Å²) in [6.45, 7) is 2.66. The Balaban J connectivity index is 2.70. The average Bonchev–Trinajstić information content (AvgIpc) is 2.49. The Kier molecular flexibility index (Phi) is 4.85. The van der Waals surface area contributed by atoms with Crippen molar-refractivity contribution in [2.75, 3.05) is 12.4 Å². The van der Waals surface area contributed by atoms with Gasteiger partial charge < -0.3 is 15.0 Å². The number of nitrogens with zero attached hydrogens (tertiary/aromatic N) is 1. The summed E-state index contributed by atoms with van der Waals surface area (Å²) >= 11 is 5.53. The number of aryl methyl sites for hydroxylation is 1. The quantitative estimate of drug-likeness (QED) is 0.831. The van der Waals surface area contributed by atoms with Gasteiger partial charge in [-0.1, -0.05) is 19.1 Å². The van der Waals surface area contributed by atoms with Crippen molar-refractivity contribution in [3.05, 3.63) is 40.2 Å². The van der Waals surface area contributed by atoms with Crippen LogP contribution in [0.3, 0.4) is 0 Å². The SMILES string of the molecule is CCCn1c(=O)c(C(=O)NCCCl)c(O)c2ccccc21. The van der Waals surface area contributed by atoms with Crippen LogP contribution < -0.4 is 10.9 Å². The van der Waals surface area contributed by atoms with Crippen LogP contribution in [0.1, 0.15) is 23.7 Å². The molecule has 2 aromatic rings. The Bertz CT molecular complexity index is 725. The Labute approximate surface area is 127 Å². The van der Waals surface area contributed by atoms with Crippen LogP contribution >= 0.6 is 11.6 Å². The first kappa shape index (κ1) is 15.4. The molecule has 0 saturated heterocycles. The number of fused-ring (bicyclic) bond motifs is 1. The number of carbonyl (C=O) groups excluding carboxylic acids is 1. The van der Waals surface area contributed by atoms with Gasteiger partial charge in [-0.3, -0.25) is 9.59 Å². The minimum Gasteiger partial charge on any atom is -0.506 e. The summed E-state index contributed by atoms with van der Waals surface area (Å²) in [5, 5.41) is 13.3. The Morgan fingerprint density at radius 1 is 1.38 bits per heavy atom. The number of hydrogen-bond acceptors (Lipinski definition) is 3. The normalized spacial score (nSPS) is 10.8. The van der Waals surface area contributed by atoms with E-state index in [4.69, 9.17) is 11.6 Å². The summed E-state index contributed by atoms with van der Waals surface area (Å²) in [7, 11) is 0. The molecule has 112 valence electrons. The van der Waals surface area contributed by atoms with Gasteiger partial charge in [0.15, 0.2) is 0 Å². The van der Waals surface area contributed by atoms with Crippen LogP contribution in [-0.2, 0) is 6.54 Å². The molecule has 21 heavy (non-hydrogen) atoms. The van der Waals surface area contributed by atoms with Crippen molar-refractivity contribution in [1.29, 1.82) is 0 Å². The lowest BCUT2D eigenvalue weighted by Gasteiger charge is -2.14. The van der Waals surface area contributed by atoms with Crippen LogP contribution in [0.15, 0.2) is 29.1 Å². The number of amides is 1. The molecular formula is C15H17ClN2O3. The molecule has 0 unspecified atom stereocenters. The van der Waals surface area contributed by atoms with E-state index < -0.39 is 11.5 Å². The summed E-state index contributed by atoms with van der Waals surface area (Å²) in [6, 6.07) is 6.99. The lowest BCUT2D eigenvalue weighted by atomic mass is 10.1. The molecule has 0 spiro atoms. The van der Waals surface area contributed by atoms with E-state index >= 15 is 0 Å². The van der Waals surface area contributed by atoms with Crippen LogP contribution in [0.5, 0.6) is 5.75 Å². The van der Waals surface area contributed by atoms with Crippen molar-refractivity contribution in [3.63, 3.8) is 0 Å². The standard InChI is InChI=1S/C15H17ClN2O3/c1-2-9-18-11-6-4-3-5-10(11)13(19)12(15(18)21)14(20)17-8-7-16/h3-6,19H,2,7-9H2,1H3,(H,17,20). The summed E-state index contributed by atoms with van der Waals surface area (Å²) in [6.07, 6.45) is 0.747. The number of carbonyl (C=O) groups is 1. The van der Waals surface area contributed by atoms with E-state index in [1.807, 2.05) is 6.92 Å². The molecule has 2 rings (SSSR count). The van der Waals surface area contributed by atoms with Crippen LogP contribution in [0.2, 0.25) is 0 Å². The molecule has 6 heteroatoms. The Morgan fingerprint density at radius 2 is 2.10 bits per heavy atom. The molecule has 1 aromatic heterocycles. The van der Waals surface area contributed by atoms with E-state index in [1.165, 1.54) is 4.57 Å². The zero-order valence-electron chi connectivity index (χ0n) is 11.7. The lowest BCUT2D eigenvalue weighted by Crippen LogP contribution is -2.34. The third-order valence-corrected chi connectivity index (χ3v) is 3.39. The van der Waals surface area contributed by atoms with Crippen LogP contribution in [0, 0.1) is 0 Å². The number of pyridine rings is 1. The number of aromatic hydroxyl groups is 1. The summed E-state index contributed by atoms with van der Waals surface area (Å²) in [5.41, 5.74) is -0.0943. The number of nitrogens with one attached hydrogen (secondary N) is 1. The minimum atomic E-state index is -0.603. The predicted octanol–water partition coefficient (Wildman–Crippen LogP) is 2.09. The van der Waals surface area contributed by atoms with Crippen LogP contribution in [-0.4, -0.2) is 28.0 Å². The zero-order chi connectivity index (χ0) is 15.4. The molecule has 0 aliphatic rings. The number of hydrogen-bond donors (Lipinski definition) is 2. The van der Waals surface area contributed by atoms with E-state index in [9.17, 15) is 14.7 Å². The molecule has 0 saturated carbocycles. The molecule has 0 fully saturated rings. The van der Waals surface area contributed by atoms with Crippen molar-refractivity contribution in [2.24, 2.45) is 0 Å². The van der Waals surface area contributed by atoms with Gasteiger partial charge in [0.1, 0.15) is 11.3 Å². The summed E-state index contributed by atoms with van der Waals surface area (Å²) in [4.78, 5) is 24.6. The van der Waals surface area contributed by atoms with Gasteiger partial charge in [0.25, 0.3) is 11.5 Å². The van der Waals surface area contributed by atoms with Crippen molar-refractivity contribution in [3.8, 4) is 5.75 Å². The van der Waals surface area contributed by atoms with Gasteiger partial charge >= 0.3 is 0 Å². The predicted molar refractivity (Wildman–Crippen MR) is 83.2 cm³/mol. The van der Waals surface area contributed by atoms with Gasteiger partial charge in [-0.25, -0.2) is 0 Å². The number of aromatic nitrogens is 1. The smallest absolute Gasteiger partial charge is 0.267 e. The first-order valence-corrected chi connectivity index (χ1v) is 7.34. The van der Waals surface area contributed by atoms with Gasteiger partial charge in [-0.15, -0.1) is 11.6 Å². The van der Waals surface area contributed by atoms with E-state index in [2.05, 4.69) is 5.32 Å². The first-order valence-electron chi connectivity index (χ1n) is 6.80. The summed E-state index contributed by atoms with van der Waals surface area (Å²) < 4.78 is 1.52. The second-order valence-corrected chi connectivity index (χ2v) is 5.02. The number of rotatable bonds is 5. The molecular weight excluding hydrogens is 292 g/mol. The third-order valence-electron chi connectivity index (χ3n) is 3.20. The number of para-hydroxylation sites is 1. The monoisotopic (exact) mass is 308 g/mol. The van der Waals surface area contributed by atoms with Gasteiger partial charge in [-0.05, 0) is 18.6 Å². The van der Waals surface area contributed by atoms with E-state index in [0.29, 0.717) is 17.4 Å². The second kappa shape index (κ2) is 6.63. The Hall–Kier alpha value is -2.01. The van der Waals surface area contributed by atoms with Crippen molar-refractivity contribution in [1.82, 2.24) is 9.88 Å². The highest BCUT2D eigenvalue weighted by molar-refractivity contribution is 6.18. The number of halogens is 1. The molecule has 1 heterocycles. The third kappa shape index (κ3) is 2.88. The highest BCUT2D eigenvalue weighted by atomic mass is 35.5. The molecule has 0 atom stereocenters. The Morgan fingerprint density at radius 3 is 2.76 bits per heavy atom. The molecule has 1 aromatic carbocycles. The fourth-order valence-electron chi connectivity index (χ4n) is 2.29. The maximum atomic E-state index is 12.5. The molecule has 1 amide bonds.